The van der Waals surface area contributed by atoms with Crippen molar-refractivity contribution in [3.63, 3.8) is 0 Å². The lowest BCUT2D eigenvalue weighted by Gasteiger charge is -1.95. The highest BCUT2D eigenvalue weighted by Crippen LogP contribution is 1.80. The first-order valence-corrected chi connectivity index (χ1v) is 2.00. The molecule has 0 aliphatic carbocycles. The molecule has 0 aromatic carbocycles. The van der Waals surface area contributed by atoms with Crippen molar-refractivity contribution in [2.75, 3.05) is 6.54 Å². The maximum atomic E-state index is 9.29. The molecule has 0 rings (SSSR count). The summed E-state index contributed by atoms with van der Waals surface area (Å²) in [4.78, 5) is 9.29. The van der Waals surface area contributed by atoms with Gasteiger partial charge in [-0.3, -0.25) is 0 Å². The van der Waals surface area contributed by atoms with Gasteiger partial charge in [-0.05, 0) is 0 Å². The lowest BCUT2D eigenvalue weighted by molar-refractivity contribution is 0.175. The van der Waals surface area contributed by atoms with Crippen molar-refractivity contribution in [1.29, 1.82) is 0 Å². The Labute approximate surface area is 41.3 Å². The van der Waals surface area contributed by atoms with Crippen molar-refractivity contribution >= 4 is 0 Å². The van der Waals surface area contributed by atoms with E-state index in [-0.39, 0.29) is 13.0 Å². The second-order valence-electron chi connectivity index (χ2n) is 1.21. The first kappa shape index (κ1) is 6.52. The molecule has 0 radical (unpaired) electrons. The summed E-state index contributed by atoms with van der Waals surface area (Å²) in [6, 6.07) is 0. The van der Waals surface area contributed by atoms with Crippen LogP contribution in [0.5, 0.6) is 0 Å². The number of nitrogens with two attached hydrogens (primary N) is 1. The molecule has 0 aromatic heterocycles. The molecule has 0 saturated carbocycles. The van der Waals surface area contributed by atoms with Crippen LogP contribution in [0, 0.1) is 4.91 Å². The largest absolute Gasteiger partial charge is 0.379 e. The van der Waals surface area contributed by atoms with Crippen molar-refractivity contribution in [3.05, 3.63) is 4.91 Å². The lowest BCUT2D eigenvalue weighted by atomic mass is 10.4. The molecule has 4 heteroatoms. The van der Waals surface area contributed by atoms with Crippen LogP contribution >= 0.6 is 0 Å². The number of hydrogen-bond acceptors (Lipinski definition) is 4. The van der Waals surface area contributed by atoms with E-state index in [1.54, 1.807) is 0 Å². The Hall–Kier alpha value is -0.480. The summed E-state index contributed by atoms with van der Waals surface area (Å²) in [6.07, 6.45) is -0.638. The number of nitroso groups, excluding NO2 is 1. The average Bonchev–Trinajstić information content (AvgIpc) is 1.61. The van der Waals surface area contributed by atoms with Gasteiger partial charge in [-0.15, -0.1) is 0 Å². The van der Waals surface area contributed by atoms with Crippen molar-refractivity contribution < 1.29 is 5.11 Å². The Kier molecular flexibility index (Phi) is 3.45. The van der Waals surface area contributed by atoms with Gasteiger partial charge in [-0.1, -0.05) is 5.18 Å². The Balaban J connectivity index is 2.81. The summed E-state index contributed by atoms with van der Waals surface area (Å²) >= 11 is 0. The van der Waals surface area contributed by atoms with Crippen LogP contribution in [0.4, 0.5) is 0 Å². The van der Waals surface area contributed by atoms with Crippen molar-refractivity contribution in [2.45, 2.75) is 12.6 Å². The molecule has 0 aliphatic rings. The van der Waals surface area contributed by atoms with Gasteiger partial charge in [0.15, 0.2) is 0 Å². The molecule has 0 amide bonds. The Morgan fingerprint density at radius 2 is 2.43 bits per heavy atom. The van der Waals surface area contributed by atoms with Gasteiger partial charge in [0, 0.05) is 6.42 Å². The number of aliphatic hydroxyl groups is 1. The Morgan fingerprint density at radius 3 is 2.57 bits per heavy atom. The normalized spacial score (nSPS) is 13.4. The van der Waals surface area contributed by atoms with Gasteiger partial charge < -0.3 is 10.8 Å². The van der Waals surface area contributed by atoms with E-state index in [9.17, 15) is 4.91 Å². The molecular formula is C3H8N2O2. The van der Waals surface area contributed by atoms with Gasteiger partial charge in [0.2, 0.25) is 0 Å². The van der Waals surface area contributed by atoms with Gasteiger partial charge in [-0.25, -0.2) is 0 Å². The first-order valence-electron chi connectivity index (χ1n) is 2.00. The first-order chi connectivity index (χ1) is 3.27. The molecule has 0 heterocycles. The molecule has 42 valence electrons. The van der Waals surface area contributed by atoms with E-state index in [2.05, 4.69) is 5.18 Å². The van der Waals surface area contributed by atoms with Crippen molar-refractivity contribution in [1.82, 2.24) is 0 Å². The minimum absolute atomic E-state index is 0.0949. The zero-order valence-corrected chi connectivity index (χ0v) is 3.87. The minimum Gasteiger partial charge on any atom is -0.379 e. The average molecular weight is 104 g/mol. The molecule has 0 bridgehead atoms. The molecule has 3 N–H and O–H groups in total. The lowest BCUT2D eigenvalue weighted by Crippen LogP contribution is -2.19. The number of aliphatic hydroxyl groups excluding tert-OH is 1. The summed E-state index contributed by atoms with van der Waals surface area (Å²) in [5.41, 5.74) is 4.84. The van der Waals surface area contributed by atoms with E-state index in [1.807, 2.05) is 0 Å². The monoisotopic (exact) mass is 104 g/mol. The highest BCUT2D eigenvalue weighted by molar-refractivity contribution is 4.46. The van der Waals surface area contributed by atoms with Crippen molar-refractivity contribution in [2.24, 2.45) is 10.9 Å². The van der Waals surface area contributed by atoms with E-state index in [0.717, 1.165) is 0 Å². The van der Waals surface area contributed by atoms with Crippen molar-refractivity contribution in [3.8, 4) is 0 Å². The molecule has 0 spiro atoms. The number of nitrogens with zero attached hydrogens (tertiary/aromatic N) is 1. The van der Waals surface area contributed by atoms with E-state index in [1.165, 1.54) is 0 Å². The smallest absolute Gasteiger partial charge is 0.104 e. The minimum atomic E-state index is -0.891. The van der Waals surface area contributed by atoms with E-state index >= 15 is 0 Å². The highest BCUT2D eigenvalue weighted by atomic mass is 16.3. The number of rotatable bonds is 3. The predicted molar refractivity (Wildman–Crippen MR) is 25.5 cm³/mol. The van der Waals surface area contributed by atoms with Gasteiger partial charge >= 0.3 is 0 Å². The zero-order valence-electron chi connectivity index (χ0n) is 3.87. The summed E-state index contributed by atoms with van der Waals surface area (Å²) in [5.74, 6) is 0. The van der Waals surface area contributed by atoms with Crippen LogP contribution < -0.4 is 5.73 Å². The van der Waals surface area contributed by atoms with E-state index < -0.39 is 6.23 Å². The second-order valence-corrected chi connectivity index (χ2v) is 1.21. The third kappa shape index (κ3) is 5.52. The van der Waals surface area contributed by atoms with Gasteiger partial charge in [0.1, 0.15) is 6.23 Å². The van der Waals surface area contributed by atoms with Gasteiger partial charge in [0.25, 0.3) is 0 Å². The standard InChI is InChI=1S/C3H8N2O2/c4-3(6)1-2-5-7/h3,6H,1-2,4H2/t3-/m1/s1. The van der Waals surface area contributed by atoms with Crippen LogP contribution in [0.1, 0.15) is 6.42 Å². The molecule has 1 atom stereocenters. The SMILES string of the molecule is N[C@H](O)CCN=O. The van der Waals surface area contributed by atoms with Crippen LogP contribution in [0.15, 0.2) is 5.18 Å². The maximum absolute atomic E-state index is 9.29. The summed E-state index contributed by atoms with van der Waals surface area (Å²) in [6.45, 7) is 0.0949. The molecule has 0 unspecified atom stereocenters. The summed E-state index contributed by atoms with van der Waals surface area (Å²) < 4.78 is 0. The van der Waals surface area contributed by atoms with E-state index in [0.29, 0.717) is 0 Å². The van der Waals surface area contributed by atoms with Crippen LogP contribution in [0.25, 0.3) is 0 Å². The van der Waals surface area contributed by atoms with Crippen LogP contribution in [0.3, 0.4) is 0 Å². The molecule has 7 heavy (non-hydrogen) atoms. The van der Waals surface area contributed by atoms with Crippen LogP contribution in [0.2, 0.25) is 0 Å². The topological polar surface area (TPSA) is 75.7 Å². The molecule has 0 aromatic rings. The summed E-state index contributed by atoms with van der Waals surface area (Å²) in [7, 11) is 0. The summed E-state index contributed by atoms with van der Waals surface area (Å²) in [5, 5.41) is 10.7. The molecule has 4 nitrogen and oxygen atoms in total. The molecule has 0 aliphatic heterocycles. The van der Waals surface area contributed by atoms with Crippen LogP contribution in [-0.4, -0.2) is 17.9 Å². The fourth-order valence-corrected chi connectivity index (χ4v) is 0.185. The highest BCUT2D eigenvalue weighted by Gasteiger charge is 1.91. The Morgan fingerprint density at radius 1 is 1.86 bits per heavy atom. The number of hydrogen-bond donors (Lipinski definition) is 2. The Bertz CT molecular complexity index is 54.9. The molecule has 0 saturated heterocycles. The quantitative estimate of drug-likeness (QED) is 0.371. The maximum Gasteiger partial charge on any atom is 0.104 e. The zero-order chi connectivity index (χ0) is 5.70. The fourth-order valence-electron chi connectivity index (χ4n) is 0.185. The third-order valence-corrected chi connectivity index (χ3v) is 0.516. The predicted octanol–water partition coefficient (Wildman–Crippen LogP) is -0.580. The fraction of sp³-hybridized carbons (Fsp3) is 1.00. The van der Waals surface area contributed by atoms with Crippen LogP contribution in [-0.2, 0) is 0 Å². The van der Waals surface area contributed by atoms with Gasteiger partial charge in [-0.2, -0.15) is 4.91 Å². The molecule has 0 fully saturated rings. The van der Waals surface area contributed by atoms with E-state index in [4.69, 9.17) is 10.8 Å². The molecular weight excluding hydrogens is 96.0 g/mol. The van der Waals surface area contributed by atoms with Gasteiger partial charge in [0.05, 0.1) is 6.54 Å². The third-order valence-electron chi connectivity index (χ3n) is 0.516. The second kappa shape index (κ2) is 3.70.